The number of nitrogen functional groups attached to an aromatic ring is 2. The molecule has 3 aromatic rings. The molecule has 0 aliphatic heterocycles. The molecular weight excluding hydrogens is 400 g/mol. The van der Waals surface area contributed by atoms with Gasteiger partial charge in [0.15, 0.2) is 5.16 Å². The van der Waals surface area contributed by atoms with E-state index in [2.05, 4.69) is 20.6 Å². The van der Waals surface area contributed by atoms with Crippen molar-refractivity contribution in [2.75, 3.05) is 27.9 Å². The van der Waals surface area contributed by atoms with E-state index in [9.17, 15) is 9.59 Å². The third kappa shape index (κ3) is 5.48. The maximum absolute atomic E-state index is 12.5. The second-order valence-electron chi connectivity index (χ2n) is 6.64. The number of nitrogens with zero attached hydrogens (tertiary/aromatic N) is 2. The van der Waals surface area contributed by atoms with E-state index in [-0.39, 0.29) is 29.2 Å². The largest absolute Gasteiger partial charge is 0.383 e. The number of rotatable bonds is 6. The van der Waals surface area contributed by atoms with Gasteiger partial charge in [-0.05, 0) is 49.2 Å². The van der Waals surface area contributed by atoms with Crippen LogP contribution in [0.25, 0.3) is 0 Å². The van der Waals surface area contributed by atoms with Crippen molar-refractivity contribution in [3.05, 3.63) is 65.2 Å². The first-order valence-corrected chi connectivity index (χ1v) is 10.1. The molecule has 1 aromatic heterocycles. The van der Waals surface area contributed by atoms with E-state index in [0.29, 0.717) is 22.1 Å². The molecule has 0 spiro atoms. The Bertz CT molecular complexity index is 1080. The Morgan fingerprint density at radius 2 is 1.63 bits per heavy atom. The van der Waals surface area contributed by atoms with Crippen LogP contribution < -0.4 is 22.1 Å². The number of nitrogens with one attached hydrogen (secondary N) is 2. The standard InChI is InChI=1S/C21H22N6O2S/c1-12-5-3-4-6-15(12)20(29)25-16-8-7-14(9-13(16)2)24-19(28)11-30-21-26-17(22)10-18(23)27-21/h3-10H,11H2,1-2H3,(H,24,28)(H,25,29)(H4,22,23,26,27). The molecular formula is C21H22N6O2S. The number of anilines is 4. The summed E-state index contributed by atoms with van der Waals surface area (Å²) in [6.45, 7) is 3.75. The topological polar surface area (TPSA) is 136 Å². The quantitative estimate of drug-likeness (QED) is 0.354. The van der Waals surface area contributed by atoms with E-state index in [1.54, 1.807) is 24.3 Å². The highest BCUT2D eigenvalue weighted by atomic mass is 32.2. The number of aryl methyl sites for hydroxylation is 2. The lowest BCUT2D eigenvalue weighted by Crippen LogP contribution is -2.16. The fraction of sp³-hybridized carbons (Fsp3) is 0.143. The number of benzene rings is 2. The Labute approximate surface area is 178 Å². The minimum atomic E-state index is -0.222. The molecule has 1 heterocycles. The van der Waals surface area contributed by atoms with Crippen LogP contribution in [0.2, 0.25) is 0 Å². The molecule has 30 heavy (non-hydrogen) atoms. The zero-order valence-electron chi connectivity index (χ0n) is 16.6. The van der Waals surface area contributed by atoms with Crippen molar-refractivity contribution in [2.45, 2.75) is 19.0 Å². The van der Waals surface area contributed by atoms with E-state index in [1.165, 1.54) is 6.07 Å². The summed E-state index contributed by atoms with van der Waals surface area (Å²) in [5.74, 6) is 0.216. The smallest absolute Gasteiger partial charge is 0.255 e. The minimum absolute atomic E-state index is 0.105. The Kier molecular flexibility index (Phi) is 6.53. The van der Waals surface area contributed by atoms with Gasteiger partial charge in [0.2, 0.25) is 5.91 Å². The van der Waals surface area contributed by atoms with Crippen molar-refractivity contribution in [1.29, 1.82) is 0 Å². The van der Waals surface area contributed by atoms with Crippen LogP contribution in [-0.4, -0.2) is 27.5 Å². The number of thioether (sulfide) groups is 1. The predicted octanol–water partition coefficient (Wildman–Crippen LogP) is 3.24. The van der Waals surface area contributed by atoms with Gasteiger partial charge in [-0.25, -0.2) is 9.97 Å². The van der Waals surface area contributed by atoms with E-state index in [4.69, 9.17) is 11.5 Å². The van der Waals surface area contributed by atoms with Crippen molar-refractivity contribution < 1.29 is 9.59 Å². The fourth-order valence-corrected chi connectivity index (χ4v) is 3.42. The average Bonchev–Trinajstić information content (AvgIpc) is 2.68. The highest BCUT2D eigenvalue weighted by Gasteiger charge is 2.11. The number of amides is 2. The summed E-state index contributed by atoms with van der Waals surface area (Å²) in [7, 11) is 0. The maximum Gasteiger partial charge on any atom is 0.255 e. The molecule has 0 fully saturated rings. The molecule has 3 rings (SSSR count). The van der Waals surface area contributed by atoms with E-state index >= 15 is 0 Å². The minimum Gasteiger partial charge on any atom is -0.383 e. The van der Waals surface area contributed by atoms with Crippen LogP contribution >= 0.6 is 11.8 Å². The van der Waals surface area contributed by atoms with Crippen LogP contribution in [0, 0.1) is 13.8 Å². The summed E-state index contributed by atoms with van der Waals surface area (Å²) in [6, 6.07) is 14.1. The van der Waals surface area contributed by atoms with Crippen molar-refractivity contribution in [3.63, 3.8) is 0 Å². The molecule has 0 aliphatic rings. The molecule has 2 aromatic carbocycles. The Balaban J connectivity index is 1.60. The fourth-order valence-electron chi connectivity index (χ4n) is 2.75. The molecule has 0 bridgehead atoms. The number of aromatic nitrogens is 2. The molecule has 0 unspecified atom stereocenters. The lowest BCUT2D eigenvalue weighted by Gasteiger charge is -2.12. The summed E-state index contributed by atoms with van der Waals surface area (Å²) < 4.78 is 0. The first-order valence-electron chi connectivity index (χ1n) is 9.12. The van der Waals surface area contributed by atoms with Crippen molar-refractivity contribution >= 4 is 46.6 Å². The van der Waals surface area contributed by atoms with Gasteiger partial charge in [0.25, 0.3) is 5.91 Å². The van der Waals surface area contributed by atoms with E-state index < -0.39 is 0 Å². The first kappa shape index (κ1) is 21.1. The highest BCUT2D eigenvalue weighted by Crippen LogP contribution is 2.22. The van der Waals surface area contributed by atoms with Crippen LogP contribution in [0.4, 0.5) is 23.0 Å². The monoisotopic (exact) mass is 422 g/mol. The van der Waals surface area contributed by atoms with Gasteiger partial charge in [0.05, 0.1) is 5.75 Å². The number of nitrogens with two attached hydrogens (primary N) is 2. The molecule has 0 saturated heterocycles. The summed E-state index contributed by atoms with van der Waals surface area (Å²) >= 11 is 1.14. The molecule has 2 amide bonds. The molecule has 6 N–H and O–H groups in total. The molecule has 0 radical (unpaired) electrons. The second kappa shape index (κ2) is 9.27. The van der Waals surface area contributed by atoms with Crippen LogP contribution in [0.3, 0.4) is 0 Å². The SMILES string of the molecule is Cc1cc(NC(=O)CSc2nc(N)cc(N)n2)ccc1NC(=O)c1ccccc1C. The van der Waals surface area contributed by atoms with Gasteiger partial charge in [-0.1, -0.05) is 30.0 Å². The zero-order valence-corrected chi connectivity index (χ0v) is 17.4. The van der Waals surface area contributed by atoms with Gasteiger partial charge in [0.1, 0.15) is 11.6 Å². The third-order valence-corrected chi connectivity index (χ3v) is 5.07. The summed E-state index contributed by atoms with van der Waals surface area (Å²) in [6.07, 6.45) is 0. The summed E-state index contributed by atoms with van der Waals surface area (Å²) in [5, 5.41) is 6.06. The number of carbonyl (C=O) groups excluding carboxylic acids is 2. The third-order valence-electron chi connectivity index (χ3n) is 4.23. The normalized spacial score (nSPS) is 10.5. The van der Waals surface area contributed by atoms with Crippen LogP contribution in [0.5, 0.6) is 0 Å². The van der Waals surface area contributed by atoms with Crippen LogP contribution in [0.15, 0.2) is 53.7 Å². The van der Waals surface area contributed by atoms with Crippen molar-refractivity contribution in [2.24, 2.45) is 0 Å². The maximum atomic E-state index is 12.5. The van der Waals surface area contributed by atoms with Crippen molar-refractivity contribution in [1.82, 2.24) is 9.97 Å². The van der Waals surface area contributed by atoms with Gasteiger partial charge in [-0.2, -0.15) is 0 Å². The molecule has 154 valence electrons. The average molecular weight is 423 g/mol. The van der Waals surface area contributed by atoms with Gasteiger partial charge in [-0.3, -0.25) is 9.59 Å². The number of hydrogen-bond donors (Lipinski definition) is 4. The molecule has 0 atom stereocenters. The number of carbonyl (C=O) groups is 2. The highest BCUT2D eigenvalue weighted by molar-refractivity contribution is 7.99. The molecule has 9 heteroatoms. The summed E-state index contributed by atoms with van der Waals surface area (Å²) in [5.41, 5.74) is 14.9. The second-order valence-corrected chi connectivity index (χ2v) is 7.58. The number of hydrogen-bond acceptors (Lipinski definition) is 7. The van der Waals surface area contributed by atoms with Crippen LogP contribution in [0.1, 0.15) is 21.5 Å². The van der Waals surface area contributed by atoms with Crippen molar-refractivity contribution in [3.8, 4) is 0 Å². The molecule has 0 aliphatic carbocycles. The Morgan fingerprint density at radius 3 is 2.30 bits per heavy atom. The predicted molar refractivity (Wildman–Crippen MR) is 121 cm³/mol. The van der Waals surface area contributed by atoms with E-state index in [1.807, 2.05) is 32.0 Å². The molecule has 8 nitrogen and oxygen atoms in total. The lowest BCUT2D eigenvalue weighted by molar-refractivity contribution is -0.113. The van der Waals surface area contributed by atoms with Gasteiger partial charge < -0.3 is 22.1 Å². The first-order chi connectivity index (χ1) is 14.3. The van der Waals surface area contributed by atoms with E-state index in [0.717, 1.165) is 22.9 Å². The van der Waals surface area contributed by atoms with Gasteiger partial charge >= 0.3 is 0 Å². The summed E-state index contributed by atoms with van der Waals surface area (Å²) in [4.78, 5) is 32.8. The lowest BCUT2D eigenvalue weighted by atomic mass is 10.1. The zero-order chi connectivity index (χ0) is 21.7. The van der Waals surface area contributed by atoms with Gasteiger partial charge in [-0.15, -0.1) is 0 Å². The van der Waals surface area contributed by atoms with Crippen LogP contribution in [-0.2, 0) is 4.79 Å². The Hall–Kier alpha value is -3.59. The Morgan fingerprint density at radius 1 is 0.933 bits per heavy atom. The molecule has 0 saturated carbocycles. The van der Waals surface area contributed by atoms with Gasteiger partial charge in [0, 0.05) is 23.0 Å².